The first kappa shape index (κ1) is 11.8. The molecule has 84 valence electrons. The number of aldehydes is 1. The molecular weight excluding hydrogens is 214 g/mol. The van der Waals surface area contributed by atoms with Crippen LogP contribution in [0.15, 0.2) is 12.1 Å². The molecule has 0 saturated heterocycles. The molecule has 0 aliphatic rings. The van der Waals surface area contributed by atoms with Gasteiger partial charge in [-0.25, -0.2) is 4.79 Å². The van der Waals surface area contributed by atoms with Gasteiger partial charge in [0.15, 0.2) is 6.29 Å². The number of nitro benzene ring substituents is 1. The van der Waals surface area contributed by atoms with Crippen LogP contribution in [0.1, 0.15) is 26.3 Å². The lowest BCUT2D eigenvalue weighted by Gasteiger charge is -2.04. The van der Waals surface area contributed by atoms with Crippen molar-refractivity contribution in [3.63, 3.8) is 0 Å². The van der Waals surface area contributed by atoms with Crippen LogP contribution in [0.2, 0.25) is 0 Å². The average molecular weight is 223 g/mol. The summed E-state index contributed by atoms with van der Waals surface area (Å²) in [5.41, 5.74) is 0.0792. The van der Waals surface area contributed by atoms with E-state index < -0.39 is 16.6 Å². The van der Waals surface area contributed by atoms with Crippen LogP contribution in [0.3, 0.4) is 0 Å². The monoisotopic (exact) mass is 223 g/mol. The molecule has 0 N–H and O–H groups in total. The molecule has 0 saturated carbocycles. The summed E-state index contributed by atoms with van der Waals surface area (Å²) in [6.07, 6.45) is 0.503. The molecule has 0 aliphatic carbocycles. The van der Waals surface area contributed by atoms with Crippen molar-refractivity contribution >= 4 is 17.9 Å². The maximum atomic E-state index is 11.3. The number of aryl methyl sites for hydroxylation is 1. The molecule has 0 bridgehead atoms. The third-order valence-corrected chi connectivity index (χ3v) is 2.11. The molecule has 6 heteroatoms. The standard InChI is InChI=1S/C10H9NO5/c1-6-3-8(10(13)16-2)9(11(14)15)4-7(6)5-12/h3-5H,1-2H3. The highest BCUT2D eigenvalue weighted by atomic mass is 16.6. The van der Waals surface area contributed by atoms with Gasteiger partial charge in [0, 0.05) is 11.6 Å². The van der Waals surface area contributed by atoms with Gasteiger partial charge in [-0.1, -0.05) is 0 Å². The first-order chi connectivity index (χ1) is 7.51. The number of esters is 1. The van der Waals surface area contributed by atoms with E-state index in [1.807, 2.05) is 0 Å². The van der Waals surface area contributed by atoms with E-state index in [4.69, 9.17) is 0 Å². The lowest BCUT2D eigenvalue weighted by Crippen LogP contribution is -2.07. The summed E-state index contributed by atoms with van der Waals surface area (Å²) in [7, 11) is 1.13. The van der Waals surface area contributed by atoms with Crippen LogP contribution in [-0.4, -0.2) is 24.3 Å². The zero-order valence-electron chi connectivity index (χ0n) is 8.72. The summed E-state index contributed by atoms with van der Waals surface area (Å²) in [5, 5.41) is 10.7. The van der Waals surface area contributed by atoms with E-state index in [-0.39, 0.29) is 11.1 Å². The Morgan fingerprint density at radius 2 is 2.12 bits per heavy atom. The Hall–Kier alpha value is -2.24. The van der Waals surface area contributed by atoms with Gasteiger partial charge >= 0.3 is 5.97 Å². The van der Waals surface area contributed by atoms with Crippen LogP contribution in [-0.2, 0) is 4.74 Å². The quantitative estimate of drug-likeness (QED) is 0.335. The van der Waals surface area contributed by atoms with Gasteiger partial charge in [-0.2, -0.15) is 0 Å². The Morgan fingerprint density at radius 1 is 1.50 bits per heavy atom. The fourth-order valence-electron chi connectivity index (χ4n) is 1.26. The van der Waals surface area contributed by atoms with Gasteiger partial charge in [0.25, 0.3) is 5.69 Å². The van der Waals surface area contributed by atoms with Crippen molar-refractivity contribution in [3.8, 4) is 0 Å². The fraction of sp³-hybridized carbons (Fsp3) is 0.200. The van der Waals surface area contributed by atoms with Crippen LogP contribution >= 0.6 is 0 Å². The van der Waals surface area contributed by atoms with Crippen molar-refractivity contribution < 1.29 is 19.2 Å². The second-order valence-corrected chi connectivity index (χ2v) is 3.09. The Morgan fingerprint density at radius 3 is 2.56 bits per heavy atom. The molecule has 0 amide bonds. The molecule has 0 radical (unpaired) electrons. The maximum Gasteiger partial charge on any atom is 0.344 e. The minimum absolute atomic E-state index is 0.157. The minimum Gasteiger partial charge on any atom is -0.465 e. The highest BCUT2D eigenvalue weighted by Gasteiger charge is 2.22. The number of hydrogen-bond acceptors (Lipinski definition) is 5. The van der Waals surface area contributed by atoms with Crippen LogP contribution in [0.4, 0.5) is 5.69 Å². The number of carbonyl (C=O) groups is 2. The zero-order valence-corrected chi connectivity index (χ0v) is 8.72. The molecule has 0 aromatic heterocycles. The number of ether oxygens (including phenoxy) is 1. The van der Waals surface area contributed by atoms with Gasteiger partial charge in [0.1, 0.15) is 5.56 Å². The van der Waals surface area contributed by atoms with E-state index in [1.165, 1.54) is 6.07 Å². The molecule has 1 aromatic carbocycles. The van der Waals surface area contributed by atoms with Gasteiger partial charge in [-0.05, 0) is 18.6 Å². The summed E-state index contributed by atoms with van der Waals surface area (Å²) in [4.78, 5) is 31.9. The summed E-state index contributed by atoms with van der Waals surface area (Å²) in [6.45, 7) is 1.58. The highest BCUT2D eigenvalue weighted by Crippen LogP contribution is 2.23. The molecule has 1 rings (SSSR count). The lowest BCUT2D eigenvalue weighted by atomic mass is 10.0. The second-order valence-electron chi connectivity index (χ2n) is 3.09. The average Bonchev–Trinajstić information content (AvgIpc) is 2.27. The van der Waals surface area contributed by atoms with E-state index in [0.29, 0.717) is 11.8 Å². The summed E-state index contributed by atoms with van der Waals surface area (Å²) >= 11 is 0. The summed E-state index contributed by atoms with van der Waals surface area (Å²) in [5.74, 6) is -0.799. The normalized spacial score (nSPS) is 9.62. The van der Waals surface area contributed by atoms with Crippen molar-refractivity contribution in [2.24, 2.45) is 0 Å². The second kappa shape index (κ2) is 4.52. The number of nitrogens with zero attached hydrogens (tertiary/aromatic N) is 1. The van der Waals surface area contributed by atoms with Gasteiger partial charge in [-0.15, -0.1) is 0 Å². The van der Waals surface area contributed by atoms with E-state index in [2.05, 4.69) is 4.74 Å². The Bertz CT molecular complexity index is 467. The number of carbonyl (C=O) groups excluding carboxylic acids is 2. The van der Waals surface area contributed by atoms with Crippen LogP contribution in [0.25, 0.3) is 0 Å². The lowest BCUT2D eigenvalue weighted by molar-refractivity contribution is -0.385. The highest BCUT2D eigenvalue weighted by molar-refractivity contribution is 5.95. The molecule has 0 spiro atoms. The third kappa shape index (κ3) is 2.05. The van der Waals surface area contributed by atoms with Crippen LogP contribution in [0.5, 0.6) is 0 Å². The maximum absolute atomic E-state index is 11.3. The Labute approximate surface area is 91.0 Å². The van der Waals surface area contributed by atoms with Crippen molar-refractivity contribution in [3.05, 3.63) is 38.9 Å². The molecule has 0 heterocycles. The predicted molar refractivity (Wildman–Crippen MR) is 54.6 cm³/mol. The molecule has 0 unspecified atom stereocenters. The van der Waals surface area contributed by atoms with Gasteiger partial charge in [0.05, 0.1) is 12.0 Å². The van der Waals surface area contributed by atoms with E-state index in [0.717, 1.165) is 13.2 Å². The van der Waals surface area contributed by atoms with Crippen LogP contribution < -0.4 is 0 Å². The zero-order chi connectivity index (χ0) is 12.3. The van der Waals surface area contributed by atoms with E-state index >= 15 is 0 Å². The van der Waals surface area contributed by atoms with Gasteiger partial charge in [-0.3, -0.25) is 14.9 Å². The molecule has 0 fully saturated rings. The van der Waals surface area contributed by atoms with Crippen molar-refractivity contribution in [1.29, 1.82) is 0 Å². The predicted octanol–water partition coefficient (Wildman–Crippen LogP) is 1.50. The molecule has 6 nitrogen and oxygen atoms in total. The molecule has 0 aliphatic heterocycles. The van der Waals surface area contributed by atoms with E-state index in [9.17, 15) is 19.7 Å². The topological polar surface area (TPSA) is 86.5 Å². The smallest absolute Gasteiger partial charge is 0.344 e. The minimum atomic E-state index is -0.799. The number of hydrogen-bond donors (Lipinski definition) is 0. The SMILES string of the molecule is COC(=O)c1cc(C)c(C=O)cc1[N+](=O)[O-]. The largest absolute Gasteiger partial charge is 0.465 e. The van der Waals surface area contributed by atoms with Gasteiger partial charge in [0.2, 0.25) is 0 Å². The molecule has 0 atom stereocenters. The molecular formula is C10H9NO5. The van der Waals surface area contributed by atoms with Gasteiger partial charge < -0.3 is 4.74 Å². The number of rotatable bonds is 3. The summed E-state index contributed by atoms with van der Waals surface area (Å²) in [6, 6.07) is 2.34. The van der Waals surface area contributed by atoms with Crippen molar-refractivity contribution in [2.75, 3.05) is 7.11 Å². The molecule has 1 aromatic rings. The number of nitro groups is 1. The van der Waals surface area contributed by atoms with E-state index in [1.54, 1.807) is 6.92 Å². The van der Waals surface area contributed by atoms with Crippen molar-refractivity contribution in [2.45, 2.75) is 6.92 Å². The number of methoxy groups -OCH3 is 1. The first-order valence-electron chi connectivity index (χ1n) is 4.33. The Balaban J connectivity index is 3.47. The van der Waals surface area contributed by atoms with Crippen molar-refractivity contribution in [1.82, 2.24) is 0 Å². The van der Waals surface area contributed by atoms with Crippen LogP contribution in [0, 0.1) is 17.0 Å². The Kier molecular flexibility index (Phi) is 3.34. The summed E-state index contributed by atoms with van der Waals surface area (Å²) < 4.78 is 4.42. The first-order valence-corrected chi connectivity index (χ1v) is 4.33. The number of benzene rings is 1. The molecule has 16 heavy (non-hydrogen) atoms. The fourth-order valence-corrected chi connectivity index (χ4v) is 1.26. The third-order valence-electron chi connectivity index (χ3n) is 2.11.